The number of nitrogens with zero attached hydrogens (tertiary/aromatic N) is 1. The maximum absolute atomic E-state index is 11.0. The second-order valence-corrected chi connectivity index (χ2v) is 3.08. The Morgan fingerprint density at radius 1 is 1.36 bits per heavy atom. The molecule has 0 spiro atoms. The van der Waals surface area contributed by atoms with Crippen LogP contribution in [0.5, 0.6) is 0 Å². The molecule has 2 aliphatic rings. The smallest absolute Gasteiger partial charge is 0.287 e. The van der Waals surface area contributed by atoms with Gasteiger partial charge in [-0.15, -0.1) is 0 Å². The van der Waals surface area contributed by atoms with Gasteiger partial charge in [-0.2, -0.15) is 4.99 Å². The fourth-order valence-corrected chi connectivity index (χ4v) is 1.62. The predicted octanol–water partition coefficient (Wildman–Crippen LogP) is 1.32. The van der Waals surface area contributed by atoms with Gasteiger partial charge in [-0.05, 0) is 23.9 Å². The van der Waals surface area contributed by atoms with E-state index in [1.54, 1.807) is 12.2 Å². The number of hydrogen-bond acceptors (Lipinski definition) is 3. The highest BCUT2D eigenvalue weighted by molar-refractivity contribution is 8.18. The Morgan fingerprint density at radius 2 is 2.18 bits per heavy atom. The molecule has 0 unspecified atom stereocenters. The van der Waals surface area contributed by atoms with Crippen LogP contribution in [0.2, 0.25) is 0 Å². The summed E-state index contributed by atoms with van der Waals surface area (Å²) in [6.07, 6.45) is 4.75. The highest BCUT2D eigenvalue weighted by atomic mass is 32.2. The average molecular weight is 165 g/mol. The van der Waals surface area contributed by atoms with Gasteiger partial charge in [-0.3, -0.25) is 9.59 Å². The van der Waals surface area contributed by atoms with Gasteiger partial charge in [-0.25, -0.2) is 0 Å². The molecule has 0 saturated heterocycles. The Morgan fingerprint density at radius 3 is 2.91 bits per heavy atom. The standard InChI is InChI=1S/C7H3NO2S/c9-4-2-1-3-5-6(4)8-7(10)11-5/h1-3H. The molecule has 0 saturated carbocycles. The van der Waals surface area contributed by atoms with Crippen molar-refractivity contribution in [3.63, 3.8) is 0 Å². The van der Waals surface area contributed by atoms with E-state index in [4.69, 9.17) is 0 Å². The van der Waals surface area contributed by atoms with E-state index in [0.717, 1.165) is 11.8 Å². The topological polar surface area (TPSA) is 46.5 Å². The van der Waals surface area contributed by atoms with Gasteiger partial charge in [-0.1, -0.05) is 6.08 Å². The monoisotopic (exact) mass is 165 g/mol. The molecular weight excluding hydrogens is 162 g/mol. The van der Waals surface area contributed by atoms with Gasteiger partial charge in [0.2, 0.25) is 5.78 Å². The lowest BCUT2D eigenvalue weighted by Crippen LogP contribution is -2.11. The summed E-state index contributed by atoms with van der Waals surface area (Å²) in [5.74, 6) is -0.180. The quantitative estimate of drug-likeness (QED) is 0.508. The van der Waals surface area contributed by atoms with Crippen molar-refractivity contribution in [3.05, 3.63) is 23.1 Å². The van der Waals surface area contributed by atoms with E-state index in [-0.39, 0.29) is 11.0 Å². The first-order valence-electron chi connectivity index (χ1n) is 3.01. The third-order valence-electron chi connectivity index (χ3n) is 1.36. The Hall–Kier alpha value is -1.16. The van der Waals surface area contributed by atoms with Crippen LogP contribution in [-0.4, -0.2) is 16.7 Å². The number of carbonyl (C=O) groups is 2. The zero-order valence-electron chi connectivity index (χ0n) is 5.40. The summed E-state index contributed by atoms with van der Waals surface area (Å²) in [5.41, 5.74) is 0.294. The van der Waals surface area contributed by atoms with Crippen LogP contribution in [0.3, 0.4) is 0 Å². The van der Waals surface area contributed by atoms with Crippen molar-refractivity contribution >= 4 is 28.5 Å². The largest absolute Gasteiger partial charge is 0.310 e. The fraction of sp³-hybridized carbons (Fsp3) is 0. The minimum atomic E-state index is -0.302. The van der Waals surface area contributed by atoms with Crippen molar-refractivity contribution in [2.24, 2.45) is 4.99 Å². The lowest BCUT2D eigenvalue weighted by molar-refractivity contribution is -0.108. The van der Waals surface area contributed by atoms with Crippen molar-refractivity contribution in [2.75, 3.05) is 0 Å². The number of allylic oxidation sites excluding steroid dienone is 4. The third-order valence-corrected chi connectivity index (χ3v) is 2.18. The molecule has 54 valence electrons. The summed E-state index contributed by atoms with van der Waals surface area (Å²) in [7, 11) is 0. The van der Waals surface area contributed by atoms with E-state index >= 15 is 0 Å². The molecule has 1 aliphatic carbocycles. The first-order valence-corrected chi connectivity index (χ1v) is 3.82. The summed E-state index contributed by atoms with van der Waals surface area (Å²) in [4.78, 5) is 25.9. The Balaban J connectivity index is 2.52. The minimum absolute atomic E-state index is 0.180. The molecule has 0 aromatic rings. The molecule has 1 aliphatic heterocycles. The van der Waals surface area contributed by atoms with Crippen LogP contribution < -0.4 is 0 Å². The van der Waals surface area contributed by atoms with E-state index in [1.165, 1.54) is 6.08 Å². The molecule has 4 heteroatoms. The Bertz CT molecular complexity index is 338. The second-order valence-electron chi connectivity index (χ2n) is 2.08. The van der Waals surface area contributed by atoms with E-state index in [2.05, 4.69) is 4.99 Å². The van der Waals surface area contributed by atoms with Gasteiger partial charge in [0.05, 0.1) is 0 Å². The zero-order valence-corrected chi connectivity index (χ0v) is 6.22. The SMILES string of the molecule is O=C1N=C2C(=O)C=CC=C2S1. The van der Waals surface area contributed by atoms with Gasteiger partial charge in [0.15, 0.2) is 0 Å². The molecule has 0 aromatic heterocycles. The van der Waals surface area contributed by atoms with E-state index < -0.39 is 0 Å². The summed E-state index contributed by atoms with van der Waals surface area (Å²) in [6.45, 7) is 0. The highest BCUT2D eigenvalue weighted by Crippen LogP contribution is 2.29. The van der Waals surface area contributed by atoms with Crippen molar-refractivity contribution in [1.29, 1.82) is 0 Å². The number of ketones is 1. The molecule has 0 N–H and O–H groups in total. The van der Waals surface area contributed by atoms with E-state index in [1.807, 2.05) is 0 Å². The van der Waals surface area contributed by atoms with E-state index in [0.29, 0.717) is 10.6 Å². The summed E-state index contributed by atoms with van der Waals surface area (Å²) < 4.78 is 0. The summed E-state index contributed by atoms with van der Waals surface area (Å²) >= 11 is 1.000. The number of hydrogen-bond donors (Lipinski definition) is 0. The van der Waals surface area contributed by atoms with Gasteiger partial charge in [0.1, 0.15) is 5.71 Å². The van der Waals surface area contributed by atoms with Crippen LogP contribution in [0.15, 0.2) is 28.1 Å². The molecule has 0 bridgehead atoms. The van der Waals surface area contributed by atoms with Crippen molar-refractivity contribution in [1.82, 2.24) is 0 Å². The highest BCUT2D eigenvalue weighted by Gasteiger charge is 2.26. The molecule has 0 radical (unpaired) electrons. The summed E-state index contributed by atoms with van der Waals surface area (Å²) in [6, 6.07) is 0. The third kappa shape index (κ3) is 0.952. The normalized spacial score (nSPS) is 21.5. The van der Waals surface area contributed by atoms with Crippen molar-refractivity contribution in [3.8, 4) is 0 Å². The number of rotatable bonds is 0. The van der Waals surface area contributed by atoms with Crippen LogP contribution in [0.25, 0.3) is 0 Å². The number of fused-ring (bicyclic) bond motifs is 1. The van der Waals surface area contributed by atoms with Crippen LogP contribution in [-0.2, 0) is 4.79 Å². The number of thioether (sulfide) groups is 1. The lowest BCUT2D eigenvalue weighted by atomic mass is 10.1. The molecule has 11 heavy (non-hydrogen) atoms. The van der Waals surface area contributed by atoms with Gasteiger partial charge < -0.3 is 0 Å². The molecule has 2 rings (SSSR count). The average Bonchev–Trinajstić information content (AvgIpc) is 2.31. The maximum Gasteiger partial charge on any atom is 0.310 e. The predicted molar refractivity (Wildman–Crippen MR) is 42.7 cm³/mol. The van der Waals surface area contributed by atoms with Crippen molar-refractivity contribution < 1.29 is 9.59 Å². The van der Waals surface area contributed by atoms with Gasteiger partial charge in [0, 0.05) is 4.91 Å². The fourth-order valence-electron chi connectivity index (χ4n) is 0.903. The van der Waals surface area contributed by atoms with E-state index in [9.17, 15) is 9.59 Å². The molecule has 0 fully saturated rings. The first kappa shape index (κ1) is 6.54. The number of amides is 1. The Labute approximate surface area is 66.9 Å². The van der Waals surface area contributed by atoms with Crippen LogP contribution >= 0.6 is 11.8 Å². The molecule has 3 nitrogen and oxygen atoms in total. The molecule has 0 aromatic carbocycles. The molecular formula is C7H3NO2S. The van der Waals surface area contributed by atoms with Crippen LogP contribution in [0.1, 0.15) is 0 Å². The van der Waals surface area contributed by atoms with Crippen LogP contribution in [0, 0.1) is 0 Å². The van der Waals surface area contributed by atoms with Gasteiger partial charge in [0.25, 0.3) is 0 Å². The van der Waals surface area contributed by atoms with Crippen molar-refractivity contribution in [2.45, 2.75) is 0 Å². The number of aliphatic imine (C=N–C) groups is 1. The van der Waals surface area contributed by atoms with Gasteiger partial charge >= 0.3 is 5.24 Å². The first-order chi connectivity index (χ1) is 5.27. The van der Waals surface area contributed by atoms with Crippen LogP contribution in [0.4, 0.5) is 4.79 Å². The lowest BCUT2D eigenvalue weighted by Gasteiger charge is -1.98. The molecule has 1 amide bonds. The zero-order chi connectivity index (χ0) is 7.84. The molecule has 1 heterocycles. The summed E-state index contributed by atoms with van der Waals surface area (Å²) in [5, 5.41) is -0.302. The molecule has 0 atom stereocenters. The number of carbonyl (C=O) groups excluding carboxylic acids is 2. The Kier molecular flexibility index (Phi) is 1.29. The minimum Gasteiger partial charge on any atom is -0.287 e. The second kappa shape index (κ2) is 2.17. The maximum atomic E-state index is 11.0.